The molecule has 0 aliphatic carbocycles. The number of benzene rings is 1. The predicted octanol–water partition coefficient (Wildman–Crippen LogP) is 3.63. The molecule has 3 amide bonds. The quantitative estimate of drug-likeness (QED) is 0.673. The molecule has 0 unspecified atom stereocenters. The lowest BCUT2D eigenvalue weighted by Gasteiger charge is -2.32. The average molecular weight is 411 g/mol. The third kappa shape index (κ3) is 4.10. The number of aromatic nitrogens is 1. The Morgan fingerprint density at radius 1 is 1.10 bits per heavy atom. The van der Waals surface area contributed by atoms with Crippen LogP contribution in [0.1, 0.15) is 66.4 Å². The van der Waals surface area contributed by atoms with Gasteiger partial charge in [0.1, 0.15) is 12.2 Å². The first-order chi connectivity index (χ1) is 14.3. The first kappa shape index (κ1) is 21.6. The van der Waals surface area contributed by atoms with Crippen molar-refractivity contribution in [3.63, 3.8) is 0 Å². The third-order valence-electron chi connectivity index (χ3n) is 5.29. The summed E-state index contributed by atoms with van der Waals surface area (Å²) >= 11 is 0. The van der Waals surface area contributed by atoms with Gasteiger partial charge in [0.2, 0.25) is 5.91 Å². The van der Waals surface area contributed by atoms with E-state index in [1.54, 1.807) is 50.4 Å². The number of amides is 3. The molecule has 2 atom stereocenters. The molecule has 6 nitrogen and oxygen atoms in total. The van der Waals surface area contributed by atoms with Gasteiger partial charge in [-0.1, -0.05) is 38.0 Å². The van der Waals surface area contributed by atoms with E-state index in [4.69, 9.17) is 0 Å². The molecule has 0 radical (unpaired) electrons. The number of alkyl halides is 1. The topological polar surface area (TPSA) is 79.4 Å². The fourth-order valence-electron chi connectivity index (χ4n) is 3.64. The van der Waals surface area contributed by atoms with Crippen LogP contribution in [-0.2, 0) is 10.3 Å². The molecule has 0 fully saturated rings. The number of carbonyl (C=O) groups excluding carboxylic acids is 3. The zero-order valence-corrected chi connectivity index (χ0v) is 17.4. The molecule has 1 aromatic heterocycles. The number of halogens is 1. The summed E-state index contributed by atoms with van der Waals surface area (Å²) in [5.41, 5.74) is 0.0436. The normalized spacial score (nSPS) is 15.7. The second kappa shape index (κ2) is 8.73. The minimum Gasteiger partial charge on any atom is -0.344 e. The zero-order valence-electron chi connectivity index (χ0n) is 17.4. The van der Waals surface area contributed by atoms with Crippen LogP contribution in [0.15, 0.2) is 48.7 Å². The van der Waals surface area contributed by atoms with Crippen molar-refractivity contribution in [2.45, 2.75) is 57.8 Å². The molecule has 158 valence electrons. The van der Waals surface area contributed by atoms with Crippen LogP contribution in [0, 0.1) is 0 Å². The lowest BCUT2D eigenvalue weighted by Crippen LogP contribution is -2.57. The van der Waals surface area contributed by atoms with E-state index in [-0.39, 0.29) is 17.5 Å². The highest BCUT2D eigenvalue weighted by Gasteiger charge is 2.47. The molecule has 3 rings (SSSR count). The molecule has 0 saturated carbocycles. The van der Waals surface area contributed by atoms with Crippen LogP contribution in [0.2, 0.25) is 0 Å². The molecule has 0 saturated heterocycles. The van der Waals surface area contributed by atoms with Gasteiger partial charge in [0.05, 0.1) is 22.4 Å². The number of hydrogen-bond acceptors (Lipinski definition) is 4. The molecule has 1 aromatic carbocycles. The van der Waals surface area contributed by atoms with Gasteiger partial charge in [-0.25, -0.2) is 4.39 Å². The summed E-state index contributed by atoms with van der Waals surface area (Å²) in [4.78, 5) is 44.1. The van der Waals surface area contributed by atoms with Crippen molar-refractivity contribution in [2.75, 3.05) is 0 Å². The lowest BCUT2D eigenvalue weighted by molar-refractivity contribution is -0.129. The Balaban J connectivity index is 1.93. The van der Waals surface area contributed by atoms with Crippen molar-refractivity contribution in [1.29, 1.82) is 0 Å². The van der Waals surface area contributed by atoms with Crippen LogP contribution in [-0.4, -0.2) is 39.8 Å². The number of nitrogens with zero attached hydrogens (tertiary/aromatic N) is 2. The highest BCUT2D eigenvalue weighted by molar-refractivity contribution is 6.22. The molecular weight excluding hydrogens is 385 g/mol. The number of unbranched alkanes of at least 4 members (excludes halogenated alkanes) is 1. The first-order valence-electron chi connectivity index (χ1n) is 10.1. The van der Waals surface area contributed by atoms with Gasteiger partial charge in [-0.2, -0.15) is 0 Å². The third-order valence-corrected chi connectivity index (χ3v) is 5.29. The molecule has 1 N–H and O–H groups in total. The molecule has 30 heavy (non-hydrogen) atoms. The van der Waals surface area contributed by atoms with Crippen molar-refractivity contribution in [2.24, 2.45) is 0 Å². The lowest BCUT2D eigenvalue weighted by atomic mass is 9.97. The van der Waals surface area contributed by atoms with E-state index < -0.39 is 35.5 Å². The molecule has 2 heterocycles. The largest absolute Gasteiger partial charge is 0.344 e. The van der Waals surface area contributed by atoms with E-state index in [2.05, 4.69) is 10.3 Å². The summed E-state index contributed by atoms with van der Waals surface area (Å²) < 4.78 is 15.3. The van der Waals surface area contributed by atoms with E-state index in [1.807, 2.05) is 6.92 Å². The SMILES string of the molecule is CCCC[C@H](F)[C@@H](C(=O)NC(C)(C)c1ccccn1)N1C(=O)c2ccccc2C1=O. The second-order valence-corrected chi connectivity index (χ2v) is 7.96. The van der Waals surface area contributed by atoms with Crippen LogP contribution in [0.25, 0.3) is 0 Å². The van der Waals surface area contributed by atoms with Crippen LogP contribution in [0.5, 0.6) is 0 Å². The van der Waals surface area contributed by atoms with Crippen LogP contribution < -0.4 is 5.32 Å². The number of nitrogens with one attached hydrogen (secondary N) is 1. The Morgan fingerprint density at radius 3 is 2.23 bits per heavy atom. The van der Waals surface area contributed by atoms with E-state index in [0.717, 1.165) is 11.3 Å². The Kier molecular flexibility index (Phi) is 6.29. The summed E-state index contributed by atoms with van der Waals surface area (Å²) in [5, 5.41) is 2.79. The zero-order chi connectivity index (χ0) is 21.9. The Bertz CT molecular complexity index is 911. The maximum Gasteiger partial charge on any atom is 0.262 e. The maximum atomic E-state index is 15.3. The van der Waals surface area contributed by atoms with Crippen molar-refractivity contribution < 1.29 is 18.8 Å². The molecule has 1 aliphatic heterocycles. The second-order valence-electron chi connectivity index (χ2n) is 7.96. The molecule has 2 aromatic rings. The molecular formula is C23H26FN3O3. The number of imide groups is 1. The van der Waals surface area contributed by atoms with Gasteiger partial charge < -0.3 is 5.32 Å². The predicted molar refractivity (Wildman–Crippen MR) is 111 cm³/mol. The van der Waals surface area contributed by atoms with Crippen molar-refractivity contribution in [1.82, 2.24) is 15.2 Å². The standard InChI is InChI=1S/C23H26FN3O3/c1-4-5-12-17(24)19(20(28)26-23(2,3)18-13-8-9-14-25-18)27-21(29)15-10-6-7-11-16(15)22(27)30/h6-11,13-14,17,19H,4-5,12H2,1-3H3,(H,26,28)/t17-,19-/m0/s1. The van der Waals surface area contributed by atoms with E-state index >= 15 is 4.39 Å². The number of pyridine rings is 1. The van der Waals surface area contributed by atoms with Gasteiger partial charge in [-0.3, -0.25) is 24.3 Å². The molecule has 0 spiro atoms. The fraction of sp³-hybridized carbons (Fsp3) is 0.391. The van der Waals surface area contributed by atoms with Gasteiger partial charge in [0.25, 0.3) is 11.8 Å². The highest BCUT2D eigenvalue weighted by atomic mass is 19.1. The van der Waals surface area contributed by atoms with Gasteiger partial charge in [-0.05, 0) is 44.5 Å². The van der Waals surface area contributed by atoms with Crippen molar-refractivity contribution in [3.05, 3.63) is 65.5 Å². The van der Waals surface area contributed by atoms with Gasteiger partial charge in [0.15, 0.2) is 0 Å². The Hall–Kier alpha value is -3.09. The Morgan fingerprint density at radius 2 is 1.70 bits per heavy atom. The summed E-state index contributed by atoms with van der Waals surface area (Å²) in [7, 11) is 0. The van der Waals surface area contributed by atoms with Crippen molar-refractivity contribution in [3.8, 4) is 0 Å². The van der Waals surface area contributed by atoms with Gasteiger partial charge >= 0.3 is 0 Å². The summed E-state index contributed by atoms with van der Waals surface area (Å²) in [6.45, 7) is 5.39. The minimum atomic E-state index is -1.67. The van der Waals surface area contributed by atoms with Crippen LogP contribution in [0.4, 0.5) is 4.39 Å². The number of rotatable bonds is 8. The number of carbonyl (C=O) groups is 3. The molecule has 7 heteroatoms. The van der Waals surface area contributed by atoms with E-state index in [0.29, 0.717) is 12.1 Å². The highest BCUT2D eigenvalue weighted by Crippen LogP contribution is 2.29. The molecule has 0 bridgehead atoms. The van der Waals surface area contributed by atoms with Gasteiger partial charge in [-0.15, -0.1) is 0 Å². The maximum absolute atomic E-state index is 15.3. The fourth-order valence-corrected chi connectivity index (χ4v) is 3.64. The van der Waals surface area contributed by atoms with Crippen LogP contribution >= 0.6 is 0 Å². The van der Waals surface area contributed by atoms with Gasteiger partial charge in [0, 0.05) is 6.20 Å². The van der Waals surface area contributed by atoms with Crippen molar-refractivity contribution >= 4 is 17.7 Å². The summed E-state index contributed by atoms with van der Waals surface area (Å²) in [6, 6.07) is 10.0. The van der Waals surface area contributed by atoms with Crippen LogP contribution in [0.3, 0.4) is 0 Å². The van der Waals surface area contributed by atoms with E-state index in [1.165, 1.54) is 12.1 Å². The first-order valence-corrected chi connectivity index (χ1v) is 10.1. The number of fused-ring (bicyclic) bond motifs is 1. The Labute approximate surface area is 175 Å². The van der Waals surface area contributed by atoms with E-state index in [9.17, 15) is 14.4 Å². The smallest absolute Gasteiger partial charge is 0.262 e. The summed E-state index contributed by atoms with van der Waals surface area (Å²) in [6.07, 6.45) is 1.27. The minimum absolute atomic E-state index is 0.0754. The number of hydrogen-bond donors (Lipinski definition) is 1. The average Bonchev–Trinajstić information content (AvgIpc) is 2.98. The monoisotopic (exact) mass is 411 g/mol. The molecule has 1 aliphatic rings. The summed E-state index contributed by atoms with van der Waals surface area (Å²) in [5.74, 6) is -2.01.